The Hall–Kier alpha value is -2.41. The van der Waals surface area contributed by atoms with Crippen molar-refractivity contribution < 1.29 is 0 Å². The third-order valence-electron chi connectivity index (χ3n) is 2.92. The maximum atomic E-state index is 7.09. The van der Waals surface area contributed by atoms with Crippen LogP contribution in [0.5, 0.6) is 0 Å². The quantitative estimate of drug-likeness (QED) is 0.768. The van der Waals surface area contributed by atoms with Gasteiger partial charge in [-0.3, -0.25) is 10.1 Å². The third kappa shape index (κ3) is 2.27. The van der Waals surface area contributed by atoms with Gasteiger partial charge in [-0.05, 0) is 18.6 Å². The van der Waals surface area contributed by atoms with Crippen LogP contribution in [0.1, 0.15) is 25.1 Å². The summed E-state index contributed by atoms with van der Waals surface area (Å²) in [4.78, 5) is 7.65. The van der Waals surface area contributed by atoms with Gasteiger partial charge in [0.05, 0.1) is 18.6 Å². The number of benzene rings is 1. The van der Waals surface area contributed by atoms with E-state index in [1.54, 1.807) is 0 Å². The molecule has 0 radical (unpaired) electrons. The van der Waals surface area contributed by atoms with Gasteiger partial charge in [0.1, 0.15) is 5.69 Å². The summed E-state index contributed by atoms with van der Waals surface area (Å²) in [6, 6.07) is 3.86. The summed E-state index contributed by atoms with van der Waals surface area (Å²) in [5.74, 6) is 0. The van der Waals surface area contributed by atoms with E-state index >= 15 is 0 Å². The number of hydrogen-bond donors (Lipinski definition) is 1. The molecule has 0 atom stereocenters. The van der Waals surface area contributed by atoms with Crippen LogP contribution in [0.15, 0.2) is 23.2 Å². The van der Waals surface area contributed by atoms with Crippen molar-refractivity contribution in [3.05, 3.63) is 40.9 Å². The number of allylic oxidation sites excluding steroid dienone is 1. The Morgan fingerprint density at radius 1 is 1.32 bits per heavy atom. The molecule has 2 aromatic rings. The molecule has 1 N–H and O–H groups in total. The molecule has 1 aromatic heterocycles. The van der Waals surface area contributed by atoms with Gasteiger partial charge in [-0.1, -0.05) is 26.0 Å². The van der Waals surface area contributed by atoms with Crippen molar-refractivity contribution in [1.29, 1.82) is 0 Å². The molecule has 0 aliphatic carbocycles. The molecule has 4 nitrogen and oxygen atoms in total. The Morgan fingerprint density at radius 2 is 2.11 bits per heavy atom. The zero-order valence-electron chi connectivity index (χ0n) is 11.4. The number of rotatable bonds is 1. The molecule has 1 aliphatic rings. The normalized spacial score (nSPS) is 12.8. The minimum absolute atomic E-state index is 0.668. The van der Waals surface area contributed by atoms with E-state index in [-0.39, 0.29) is 0 Å². The lowest BCUT2D eigenvalue weighted by molar-refractivity contribution is 1.10. The van der Waals surface area contributed by atoms with Gasteiger partial charge in [0.15, 0.2) is 5.69 Å². The summed E-state index contributed by atoms with van der Waals surface area (Å²) in [5.41, 5.74) is 4.51. The lowest BCUT2D eigenvalue weighted by atomic mass is 10.1. The fourth-order valence-corrected chi connectivity index (χ4v) is 2.01. The average molecular weight is 252 g/mol. The molecular formula is C15H16N4. The molecule has 0 saturated carbocycles. The van der Waals surface area contributed by atoms with Crippen LogP contribution in [-0.2, 0) is 0 Å². The van der Waals surface area contributed by atoms with Crippen LogP contribution in [0.2, 0.25) is 0 Å². The first-order valence-electron chi connectivity index (χ1n) is 6.36. The van der Waals surface area contributed by atoms with Gasteiger partial charge >= 0.3 is 0 Å². The molecule has 0 amide bonds. The Labute approximate surface area is 112 Å². The van der Waals surface area contributed by atoms with E-state index in [0.29, 0.717) is 5.69 Å². The number of hydrogen-bond acceptors (Lipinski definition) is 2. The third-order valence-corrected chi connectivity index (χ3v) is 2.92. The maximum absolute atomic E-state index is 7.09. The number of aryl methyl sites for hydroxylation is 1. The summed E-state index contributed by atoms with van der Waals surface area (Å²) in [6.45, 7) is 13.8. The molecule has 0 fully saturated rings. The Morgan fingerprint density at radius 3 is 2.74 bits per heavy atom. The fraction of sp³-hybridized carbons (Fsp3) is 0.267. The van der Waals surface area contributed by atoms with Crippen molar-refractivity contribution in [3.63, 3.8) is 0 Å². The van der Waals surface area contributed by atoms with E-state index in [0.717, 1.165) is 34.3 Å². The zero-order chi connectivity index (χ0) is 13.8. The van der Waals surface area contributed by atoms with Crippen molar-refractivity contribution >= 4 is 28.4 Å². The first kappa shape index (κ1) is 13.0. The van der Waals surface area contributed by atoms with Gasteiger partial charge in [-0.15, -0.1) is 0 Å². The molecule has 19 heavy (non-hydrogen) atoms. The second kappa shape index (κ2) is 5.49. The highest BCUT2D eigenvalue weighted by Crippen LogP contribution is 2.29. The van der Waals surface area contributed by atoms with Gasteiger partial charge in [0, 0.05) is 17.2 Å². The lowest BCUT2D eigenvalue weighted by Gasteiger charge is -1.99. The number of nitrogens with one attached hydrogen (secondary N) is 1. The van der Waals surface area contributed by atoms with Gasteiger partial charge in [0.2, 0.25) is 0 Å². The standard InChI is InChI=1S/C13H10N4.C2H6/c1-8-5-10-12(6-11(8)14-2)16-17-13(10)9-3-4-15-7-9;1-2/h3,5-7H,4H2,1H3,(H,16,17);1-2H3. The monoisotopic (exact) mass is 252 g/mol. The summed E-state index contributed by atoms with van der Waals surface area (Å²) in [7, 11) is 0. The van der Waals surface area contributed by atoms with E-state index in [4.69, 9.17) is 6.57 Å². The maximum Gasteiger partial charge on any atom is 0.192 e. The zero-order valence-corrected chi connectivity index (χ0v) is 11.4. The van der Waals surface area contributed by atoms with Gasteiger partial charge in [-0.2, -0.15) is 5.10 Å². The van der Waals surface area contributed by atoms with E-state index in [1.165, 1.54) is 0 Å². The number of aromatic nitrogens is 2. The van der Waals surface area contributed by atoms with Crippen LogP contribution in [0.25, 0.3) is 21.3 Å². The minimum Gasteiger partial charge on any atom is -0.288 e. The first-order valence-corrected chi connectivity index (χ1v) is 6.36. The molecule has 0 unspecified atom stereocenters. The summed E-state index contributed by atoms with van der Waals surface area (Å²) in [6.07, 6.45) is 3.89. The Bertz CT molecular complexity index is 699. The van der Waals surface area contributed by atoms with E-state index in [2.05, 4.69) is 20.0 Å². The molecule has 4 heteroatoms. The van der Waals surface area contributed by atoms with Gasteiger partial charge in [0.25, 0.3) is 0 Å². The van der Waals surface area contributed by atoms with Crippen molar-refractivity contribution in [1.82, 2.24) is 10.2 Å². The van der Waals surface area contributed by atoms with Gasteiger partial charge in [-0.25, -0.2) is 4.85 Å². The highest BCUT2D eigenvalue weighted by atomic mass is 15.1. The second-order valence-corrected chi connectivity index (χ2v) is 4.02. The largest absolute Gasteiger partial charge is 0.288 e. The smallest absolute Gasteiger partial charge is 0.192 e. The number of aromatic amines is 1. The van der Waals surface area contributed by atoms with Crippen molar-refractivity contribution in [2.45, 2.75) is 20.8 Å². The van der Waals surface area contributed by atoms with Crippen molar-refractivity contribution in [2.24, 2.45) is 4.99 Å². The van der Waals surface area contributed by atoms with Gasteiger partial charge < -0.3 is 0 Å². The highest BCUT2D eigenvalue weighted by Gasteiger charge is 2.12. The second-order valence-electron chi connectivity index (χ2n) is 4.02. The van der Waals surface area contributed by atoms with Crippen LogP contribution in [-0.4, -0.2) is 23.0 Å². The SMILES string of the molecule is CC.[C-]#[N+]c1cc2[nH]nc(C3=CCN=C3)c2cc1C. The summed E-state index contributed by atoms with van der Waals surface area (Å²) < 4.78 is 0. The fourth-order valence-electron chi connectivity index (χ4n) is 2.01. The van der Waals surface area contributed by atoms with Crippen LogP contribution in [0.3, 0.4) is 0 Å². The predicted octanol–water partition coefficient (Wildman–Crippen LogP) is 3.92. The Balaban J connectivity index is 0.000000637. The molecule has 1 aliphatic heterocycles. The van der Waals surface area contributed by atoms with Crippen LogP contribution in [0, 0.1) is 13.5 Å². The summed E-state index contributed by atoms with van der Waals surface area (Å²) >= 11 is 0. The minimum atomic E-state index is 0.668. The van der Waals surface area contributed by atoms with E-state index in [1.807, 2.05) is 45.2 Å². The first-order chi connectivity index (χ1) is 9.29. The number of nitrogens with zero attached hydrogens (tertiary/aromatic N) is 3. The highest BCUT2D eigenvalue weighted by molar-refractivity contribution is 6.15. The Kier molecular flexibility index (Phi) is 3.76. The predicted molar refractivity (Wildman–Crippen MR) is 79.8 cm³/mol. The van der Waals surface area contributed by atoms with E-state index in [9.17, 15) is 0 Å². The topological polar surface area (TPSA) is 45.4 Å². The van der Waals surface area contributed by atoms with Crippen LogP contribution < -0.4 is 0 Å². The van der Waals surface area contributed by atoms with Crippen LogP contribution in [0.4, 0.5) is 5.69 Å². The molecule has 2 heterocycles. The molecule has 0 spiro atoms. The number of aliphatic imine (C=N–C) groups is 1. The molecule has 0 saturated heterocycles. The van der Waals surface area contributed by atoms with Crippen LogP contribution >= 0.6 is 0 Å². The molecule has 1 aromatic carbocycles. The number of H-pyrrole nitrogens is 1. The van der Waals surface area contributed by atoms with Crippen molar-refractivity contribution in [2.75, 3.05) is 6.54 Å². The number of fused-ring (bicyclic) bond motifs is 1. The lowest BCUT2D eigenvalue weighted by Crippen LogP contribution is -1.84. The molecule has 0 bridgehead atoms. The summed E-state index contributed by atoms with van der Waals surface area (Å²) in [5, 5.41) is 8.33. The molecule has 3 rings (SSSR count). The molecule has 96 valence electrons. The molecular weight excluding hydrogens is 236 g/mol. The van der Waals surface area contributed by atoms with E-state index < -0.39 is 0 Å². The average Bonchev–Trinajstić information content (AvgIpc) is 3.08. The van der Waals surface area contributed by atoms with Crippen molar-refractivity contribution in [3.8, 4) is 0 Å².